The number of carbonyl (C=O) groups excluding carboxylic acids is 3. The Labute approximate surface area is 208 Å². The molecule has 0 bridgehead atoms. The molecule has 0 spiro atoms. The monoisotopic (exact) mass is 494 g/mol. The number of aliphatic hydroxyl groups is 2. The van der Waals surface area contributed by atoms with E-state index in [1.807, 2.05) is 26.8 Å². The van der Waals surface area contributed by atoms with Crippen LogP contribution in [0.25, 0.3) is 0 Å². The van der Waals surface area contributed by atoms with Crippen LogP contribution in [0.3, 0.4) is 0 Å². The van der Waals surface area contributed by atoms with Crippen molar-refractivity contribution in [3.63, 3.8) is 0 Å². The first-order chi connectivity index (χ1) is 16.3. The predicted molar refractivity (Wildman–Crippen MR) is 130 cm³/mol. The first kappa shape index (κ1) is 29.0. The van der Waals surface area contributed by atoms with Gasteiger partial charge < -0.3 is 24.4 Å². The molecule has 8 heteroatoms. The summed E-state index contributed by atoms with van der Waals surface area (Å²) < 4.78 is 15.1. The van der Waals surface area contributed by atoms with Crippen molar-refractivity contribution in [2.75, 3.05) is 20.3 Å². The number of allylic oxidation sites excluding steroid dienone is 2. The van der Waals surface area contributed by atoms with Crippen LogP contribution in [0.5, 0.6) is 0 Å². The number of fused-ring (bicyclic) bond motifs is 1. The summed E-state index contributed by atoms with van der Waals surface area (Å²) in [6, 6.07) is 0. The highest BCUT2D eigenvalue weighted by Gasteiger charge is 2.56. The molecule has 5 atom stereocenters. The third-order valence-corrected chi connectivity index (χ3v) is 7.91. The molecule has 0 aliphatic heterocycles. The zero-order chi connectivity index (χ0) is 26.4. The summed E-state index contributed by atoms with van der Waals surface area (Å²) in [6.45, 7) is 9.89. The average Bonchev–Trinajstić information content (AvgIpc) is 2.77. The zero-order valence-electron chi connectivity index (χ0n) is 22.0. The molecule has 0 aromatic heterocycles. The summed E-state index contributed by atoms with van der Waals surface area (Å²) in [5.74, 6) is -1.18. The Hall–Kier alpha value is -2.19. The molecule has 2 N–H and O–H groups in total. The van der Waals surface area contributed by atoms with Crippen molar-refractivity contribution in [3.05, 3.63) is 22.8 Å². The van der Waals surface area contributed by atoms with Gasteiger partial charge in [0.25, 0.3) is 0 Å². The molecule has 0 aromatic carbocycles. The first-order valence-electron chi connectivity index (χ1n) is 12.4. The summed E-state index contributed by atoms with van der Waals surface area (Å²) in [6.07, 6.45) is 3.88. The summed E-state index contributed by atoms with van der Waals surface area (Å²) in [7, 11) is 1.28. The Bertz CT molecular complexity index is 859. The van der Waals surface area contributed by atoms with Crippen LogP contribution in [0, 0.1) is 16.7 Å². The van der Waals surface area contributed by atoms with Crippen LogP contribution in [0.4, 0.5) is 0 Å². The summed E-state index contributed by atoms with van der Waals surface area (Å²) in [5, 5.41) is 21.7. The molecule has 1 saturated carbocycles. The van der Waals surface area contributed by atoms with Gasteiger partial charge in [-0.2, -0.15) is 0 Å². The van der Waals surface area contributed by atoms with Gasteiger partial charge in [0.05, 0.1) is 38.8 Å². The van der Waals surface area contributed by atoms with Crippen molar-refractivity contribution in [2.24, 2.45) is 16.7 Å². The van der Waals surface area contributed by atoms with Gasteiger partial charge in [0.2, 0.25) is 0 Å². The van der Waals surface area contributed by atoms with Crippen LogP contribution in [0.15, 0.2) is 22.8 Å². The fourth-order valence-corrected chi connectivity index (χ4v) is 6.07. The lowest BCUT2D eigenvalue weighted by atomic mass is 9.48. The summed E-state index contributed by atoms with van der Waals surface area (Å²) in [5.41, 5.74) is 2.39. The lowest BCUT2D eigenvalue weighted by Crippen LogP contribution is -2.54. The van der Waals surface area contributed by atoms with E-state index in [1.54, 1.807) is 0 Å². The van der Waals surface area contributed by atoms with Crippen LogP contribution in [0.2, 0.25) is 0 Å². The van der Waals surface area contributed by atoms with Crippen LogP contribution in [-0.2, 0) is 28.6 Å². The molecule has 0 aromatic rings. The summed E-state index contributed by atoms with van der Waals surface area (Å²) >= 11 is 0. The van der Waals surface area contributed by atoms with Crippen molar-refractivity contribution < 1.29 is 38.8 Å². The first-order valence-corrected chi connectivity index (χ1v) is 12.4. The van der Waals surface area contributed by atoms with E-state index in [0.717, 1.165) is 23.1 Å². The SMILES string of the molecule is COC(=O)CCC(=O)OCC=C(C)CCC1=C(C)C(O)CC2C(C)(COC(C)=O)CC(O)CC12C. The van der Waals surface area contributed by atoms with Crippen LogP contribution in [0.1, 0.15) is 79.6 Å². The van der Waals surface area contributed by atoms with Gasteiger partial charge in [-0.25, -0.2) is 0 Å². The molecular weight excluding hydrogens is 452 g/mol. The van der Waals surface area contributed by atoms with Gasteiger partial charge in [-0.15, -0.1) is 0 Å². The number of methoxy groups -OCH3 is 1. The highest BCUT2D eigenvalue weighted by molar-refractivity contribution is 5.77. The zero-order valence-corrected chi connectivity index (χ0v) is 22.0. The molecule has 0 radical (unpaired) electrons. The Balaban J connectivity index is 2.09. The normalized spacial score (nSPS) is 31.0. The van der Waals surface area contributed by atoms with E-state index in [0.29, 0.717) is 25.7 Å². The highest BCUT2D eigenvalue weighted by Crippen LogP contribution is 2.60. The van der Waals surface area contributed by atoms with Crippen LogP contribution >= 0.6 is 0 Å². The number of carbonyl (C=O) groups is 3. The van der Waals surface area contributed by atoms with Crippen LogP contribution in [-0.4, -0.2) is 60.7 Å². The maximum Gasteiger partial charge on any atom is 0.306 e. The van der Waals surface area contributed by atoms with Gasteiger partial charge in [-0.3, -0.25) is 14.4 Å². The van der Waals surface area contributed by atoms with Gasteiger partial charge >= 0.3 is 17.9 Å². The minimum absolute atomic E-state index is 0.00420. The van der Waals surface area contributed by atoms with Crippen molar-refractivity contribution in [3.8, 4) is 0 Å². The number of ether oxygens (including phenoxy) is 3. The Kier molecular flexibility index (Phi) is 10.1. The molecule has 198 valence electrons. The van der Waals surface area contributed by atoms with E-state index in [2.05, 4.69) is 11.7 Å². The quantitative estimate of drug-likeness (QED) is 0.268. The molecule has 35 heavy (non-hydrogen) atoms. The fourth-order valence-electron chi connectivity index (χ4n) is 6.07. The van der Waals surface area contributed by atoms with E-state index < -0.39 is 29.6 Å². The van der Waals surface area contributed by atoms with Gasteiger partial charge in [-0.05, 0) is 68.9 Å². The standard InChI is InChI=1S/C27H42O8/c1-17(11-12-34-25(32)10-9-24(31)33-6)7-8-21-18(2)22(30)13-23-26(4,16-35-19(3)28)14-20(29)15-27(21,23)5/h11,20,22-23,29-30H,7-10,12-16H2,1-6H3. The van der Waals surface area contributed by atoms with Crippen molar-refractivity contribution in [2.45, 2.75) is 91.8 Å². The minimum atomic E-state index is -0.574. The maximum absolute atomic E-state index is 11.8. The van der Waals surface area contributed by atoms with Crippen molar-refractivity contribution in [1.29, 1.82) is 0 Å². The molecule has 2 rings (SSSR count). The number of rotatable bonds is 10. The van der Waals surface area contributed by atoms with Gasteiger partial charge in [0.15, 0.2) is 0 Å². The van der Waals surface area contributed by atoms with E-state index in [9.17, 15) is 24.6 Å². The largest absolute Gasteiger partial charge is 0.469 e. The number of esters is 3. The Morgan fingerprint density at radius 2 is 1.69 bits per heavy atom. The molecular formula is C27H42O8. The molecule has 5 unspecified atom stereocenters. The average molecular weight is 495 g/mol. The van der Waals surface area contributed by atoms with Crippen molar-refractivity contribution in [1.82, 2.24) is 0 Å². The van der Waals surface area contributed by atoms with Crippen LogP contribution < -0.4 is 0 Å². The van der Waals surface area contributed by atoms with Crippen molar-refractivity contribution >= 4 is 17.9 Å². The number of aliphatic hydroxyl groups excluding tert-OH is 2. The molecule has 0 saturated heterocycles. The number of hydrogen-bond acceptors (Lipinski definition) is 8. The van der Waals surface area contributed by atoms with Gasteiger partial charge in [0.1, 0.15) is 6.61 Å². The van der Waals surface area contributed by atoms with E-state index in [1.165, 1.54) is 14.0 Å². The smallest absolute Gasteiger partial charge is 0.306 e. The topological polar surface area (TPSA) is 119 Å². The highest BCUT2D eigenvalue weighted by atomic mass is 16.5. The lowest BCUT2D eigenvalue weighted by molar-refractivity contribution is -0.155. The number of hydrogen-bond donors (Lipinski definition) is 2. The summed E-state index contributed by atoms with van der Waals surface area (Å²) in [4.78, 5) is 34.4. The Morgan fingerprint density at radius 3 is 2.31 bits per heavy atom. The van der Waals surface area contributed by atoms with E-state index in [-0.39, 0.29) is 43.4 Å². The van der Waals surface area contributed by atoms with Gasteiger partial charge in [0, 0.05) is 12.3 Å². The van der Waals surface area contributed by atoms with Gasteiger partial charge in [-0.1, -0.05) is 25.0 Å². The maximum atomic E-state index is 11.8. The molecule has 2 aliphatic carbocycles. The van der Waals surface area contributed by atoms with E-state index >= 15 is 0 Å². The molecule has 8 nitrogen and oxygen atoms in total. The Morgan fingerprint density at radius 1 is 1.03 bits per heavy atom. The predicted octanol–water partition coefficient (Wildman–Crippen LogP) is 3.64. The second-order valence-corrected chi connectivity index (χ2v) is 10.7. The third kappa shape index (κ3) is 7.40. The lowest BCUT2D eigenvalue weighted by Gasteiger charge is -2.58. The van der Waals surface area contributed by atoms with E-state index in [4.69, 9.17) is 9.47 Å². The third-order valence-electron chi connectivity index (χ3n) is 7.91. The molecule has 0 heterocycles. The second-order valence-electron chi connectivity index (χ2n) is 10.7. The molecule has 2 aliphatic rings. The molecule has 0 amide bonds. The second kappa shape index (κ2) is 12.2. The minimum Gasteiger partial charge on any atom is -0.469 e. The fraction of sp³-hybridized carbons (Fsp3) is 0.741. The molecule has 1 fully saturated rings.